The molecule has 0 radical (unpaired) electrons. The SMILES string of the molecule is Cc1cc(NC(=O)C(=O)N2CCCC[C@@H]2c2cccc(N(C)C)c2)cnc1NC(=O)OC(C)(C)C. The van der Waals surface area contributed by atoms with E-state index in [4.69, 9.17) is 4.74 Å². The first-order chi connectivity index (χ1) is 16.4. The van der Waals surface area contributed by atoms with Crippen LogP contribution in [0.4, 0.5) is 22.0 Å². The van der Waals surface area contributed by atoms with E-state index >= 15 is 0 Å². The third kappa shape index (κ3) is 6.94. The Balaban J connectivity index is 1.70. The molecule has 1 atom stereocenters. The van der Waals surface area contributed by atoms with Gasteiger partial charge in [0.25, 0.3) is 0 Å². The molecule has 2 heterocycles. The topological polar surface area (TPSA) is 104 Å². The van der Waals surface area contributed by atoms with E-state index in [2.05, 4.69) is 21.7 Å². The number of carbonyl (C=O) groups is 3. The van der Waals surface area contributed by atoms with Gasteiger partial charge in [-0.3, -0.25) is 14.9 Å². The molecule has 1 aromatic carbocycles. The van der Waals surface area contributed by atoms with Crippen molar-refractivity contribution >= 4 is 35.1 Å². The quantitative estimate of drug-likeness (QED) is 0.624. The molecule has 3 amide bonds. The third-order valence-electron chi connectivity index (χ3n) is 5.68. The highest BCUT2D eigenvalue weighted by Gasteiger charge is 2.32. The summed E-state index contributed by atoms with van der Waals surface area (Å²) >= 11 is 0. The van der Waals surface area contributed by atoms with Crippen molar-refractivity contribution in [3.8, 4) is 0 Å². The van der Waals surface area contributed by atoms with Crippen LogP contribution in [0.2, 0.25) is 0 Å². The molecule has 3 rings (SSSR count). The van der Waals surface area contributed by atoms with Crippen molar-refractivity contribution < 1.29 is 19.1 Å². The van der Waals surface area contributed by atoms with Crippen LogP contribution in [0, 0.1) is 6.92 Å². The smallest absolute Gasteiger partial charge is 0.413 e. The monoisotopic (exact) mass is 481 g/mol. The molecule has 188 valence electrons. The van der Waals surface area contributed by atoms with Crippen LogP contribution < -0.4 is 15.5 Å². The number of likely N-dealkylation sites (tertiary alicyclic amines) is 1. The standard InChI is InChI=1S/C26H35N5O4/c1-17-14-19(16-27-22(17)29-25(34)35-26(2,3)4)28-23(32)24(33)31-13-8-7-12-21(31)18-10-9-11-20(15-18)30(5)6/h9-11,14-16,21H,7-8,12-13H2,1-6H3,(H,28,32)(H,27,29,34)/t21-/m1/s1. The van der Waals surface area contributed by atoms with E-state index in [1.54, 1.807) is 38.7 Å². The molecule has 2 N–H and O–H groups in total. The van der Waals surface area contributed by atoms with Gasteiger partial charge in [-0.25, -0.2) is 9.78 Å². The molecular weight excluding hydrogens is 446 g/mol. The second-order valence-electron chi connectivity index (χ2n) is 9.97. The lowest BCUT2D eigenvalue weighted by molar-refractivity contribution is -0.145. The van der Waals surface area contributed by atoms with Gasteiger partial charge in [-0.05, 0) is 76.3 Å². The number of hydrogen-bond donors (Lipinski definition) is 2. The Morgan fingerprint density at radius 3 is 2.51 bits per heavy atom. The summed E-state index contributed by atoms with van der Waals surface area (Å²) < 4.78 is 5.24. The van der Waals surface area contributed by atoms with Crippen molar-refractivity contribution in [1.82, 2.24) is 9.88 Å². The number of benzene rings is 1. The Morgan fingerprint density at radius 2 is 1.86 bits per heavy atom. The van der Waals surface area contributed by atoms with E-state index in [0.717, 1.165) is 30.5 Å². The summed E-state index contributed by atoms with van der Waals surface area (Å²) in [5, 5.41) is 5.25. The molecule has 0 unspecified atom stereocenters. The number of aryl methyl sites for hydroxylation is 1. The van der Waals surface area contributed by atoms with Gasteiger partial charge in [-0.1, -0.05) is 12.1 Å². The number of ether oxygens (including phenoxy) is 1. The molecule has 2 aromatic rings. The summed E-state index contributed by atoms with van der Waals surface area (Å²) in [4.78, 5) is 45.9. The molecule has 35 heavy (non-hydrogen) atoms. The number of pyridine rings is 1. The maximum absolute atomic E-state index is 13.1. The van der Waals surface area contributed by atoms with Crippen molar-refractivity contribution in [2.45, 2.75) is 58.6 Å². The fraction of sp³-hybridized carbons (Fsp3) is 0.462. The number of carbonyl (C=O) groups excluding carboxylic acids is 3. The zero-order valence-corrected chi connectivity index (χ0v) is 21.3. The van der Waals surface area contributed by atoms with Gasteiger partial charge in [0.2, 0.25) is 0 Å². The molecule has 0 spiro atoms. The summed E-state index contributed by atoms with van der Waals surface area (Å²) in [5.41, 5.74) is 2.43. The maximum atomic E-state index is 13.1. The van der Waals surface area contributed by atoms with Gasteiger partial charge < -0.3 is 19.9 Å². The van der Waals surface area contributed by atoms with Crippen LogP contribution in [0.1, 0.15) is 57.2 Å². The summed E-state index contributed by atoms with van der Waals surface area (Å²) in [7, 11) is 3.95. The molecule has 9 nitrogen and oxygen atoms in total. The fourth-order valence-corrected chi connectivity index (χ4v) is 4.02. The lowest BCUT2D eigenvalue weighted by Gasteiger charge is -2.36. The Hall–Kier alpha value is -3.62. The molecule has 0 aliphatic carbocycles. The van der Waals surface area contributed by atoms with Crippen molar-refractivity contribution in [3.63, 3.8) is 0 Å². The number of nitrogens with one attached hydrogen (secondary N) is 2. The van der Waals surface area contributed by atoms with Crippen LogP contribution in [0.3, 0.4) is 0 Å². The number of rotatable bonds is 4. The molecule has 0 saturated carbocycles. The summed E-state index contributed by atoms with van der Waals surface area (Å²) in [6, 6.07) is 9.56. The van der Waals surface area contributed by atoms with Gasteiger partial charge in [0, 0.05) is 26.3 Å². The summed E-state index contributed by atoms with van der Waals surface area (Å²) in [6.45, 7) is 7.59. The zero-order valence-electron chi connectivity index (χ0n) is 21.3. The lowest BCUT2D eigenvalue weighted by atomic mass is 9.94. The highest BCUT2D eigenvalue weighted by molar-refractivity contribution is 6.39. The van der Waals surface area contributed by atoms with Crippen LogP contribution in [0.5, 0.6) is 0 Å². The predicted molar refractivity (Wildman–Crippen MR) is 137 cm³/mol. The molecule has 1 saturated heterocycles. The Morgan fingerprint density at radius 1 is 1.11 bits per heavy atom. The second kappa shape index (κ2) is 10.8. The van der Waals surface area contributed by atoms with Gasteiger partial charge in [-0.15, -0.1) is 0 Å². The lowest BCUT2D eigenvalue weighted by Crippen LogP contribution is -2.44. The first-order valence-electron chi connectivity index (χ1n) is 11.8. The number of amides is 3. The highest BCUT2D eigenvalue weighted by Crippen LogP contribution is 2.32. The van der Waals surface area contributed by atoms with Gasteiger partial charge in [0.05, 0.1) is 17.9 Å². The van der Waals surface area contributed by atoms with Gasteiger partial charge in [0.1, 0.15) is 11.4 Å². The first-order valence-corrected chi connectivity index (χ1v) is 11.8. The van der Waals surface area contributed by atoms with Gasteiger partial charge >= 0.3 is 17.9 Å². The Kier molecular flexibility index (Phi) is 7.99. The molecule has 1 aliphatic heterocycles. The molecule has 1 aliphatic rings. The third-order valence-corrected chi connectivity index (χ3v) is 5.68. The minimum Gasteiger partial charge on any atom is -0.444 e. The van der Waals surface area contributed by atoms with E-state index in [9.17, 15) is 14.4 Å². The van der Waals surface area contributed by atoms with Crippen LogP contribution in [-0.2, 0) is 14.3 Å². The van der Waals surface area contributed by atoms with E-state index in [1.165, 1.54) is 6.20 Å². The van der Waals surface area contributed by atoms with Crippen LogP contribution in [-0.4, -0.2) is 54.0 Å². The predicted octanol–water partition coefficient (Wildman–Crippen LogP) is 4.50. The average Bonchev–Trinajstić information content (AvgIpc) is 2.79. The van der Waals surface area contributed by atoms with Crippen molar-refractivity contribution in [3.05, 3.63) is 47.7 Å². The minimum atomic E-state index is -0.713. The van der Waals surface area contributed by atoms with Crippen LogP contribution in [0.15, 0.2) is 36.5 Å². The number of piperidine rings is 1. The number of nitrogens with zero attached hydrogens (tertiary/aromatic N) is 3. The van der Waals surface area contributed by atoms with Gasteiger partial charge in [-0.2, -0.15) is 0 Å². The Bertz CT molecular complexity index is 1090. The minimum absolute atomic E-state index is 0.151. The van der Waals surface area contributed by atoms with Crippen molar-refractivity contribution in [2.24, 2.45) is 0 Å². The number of hydrogen-bond acceptors (Lipinski definition) is 6. The fourth-order valence-electron chi connectivity index (χ4n) is 4.02. The number of anilines is 3. The average molecular weight is 482 g/mol. The zero-order chi connectivity index (χ0) is 25.8. The summed E-state index contributed by atoms with van der Waals surface area (Å²) in [5.74, 6) is -0.964. The number of aromatic nitrogens is 1. The summed E-state index contributed by atoms with van der Waals surface area (Å²) in [6.07, 6.45) is 3.45. The van der Waals surface area contributed by atoms with E-state index in [-0.39, 0.29) is 6.04 Å². The van der Waals surface area contributed by atoms with Crippen LogP contribution in [0.25, 0.3) is 0 Å². The Labute approximate surface area is 206 Å². The van der Waals surface area contributed by atoms with E-state index < -0.39 is 23.5 Å². The van der Waals surface area contributed by atoms with Crippen LogP contribution >= 0.6 is 0 Å². The van der Waals surface area contributed by atoms with E-state index in [0.29, 0.717) is 23.6 Å². The van der Waals surface area contributed by atoms with Gasteiger partial charge in [0.15, 0.2) is 0 Å². The molecule has 1 fully saturated rings. The highest BCUT2D eigenvalue weighted by atomic mass is 16.6. The van der Waals surface area contributed by atoms with Crippen molar-refractivity contribution in [2.75, 3.05) is 36.2 Å². The largest absolute Gasteiger partial charge is 0.444 e. The first kappa shape index (κ1) is 26.0. The molecule has 0 bridgehead atoms. The maximum Gasteiger partial charge on any atom is 0.413 e. The normalized spacial score (nSPS) is 15.8. The van der Waals surface area contributed by atoms with E-state index in [1.807, 2.05) is 37.2 Å². The second-order valence-corrected chi connectivity index (χ2v) is 9.97. The molecular formula is C26H35N5O4. The molecule has 9 heteroatoms. The van der Waals surface area contributed by atoms with Crippen molar-refractivity contribution in [1.29, 1.82) is 0 Å². The molecule has 1 aromatic heterocycles.